The fraction of sp³-hybridized carbons (Fsp3) is 1.00. The van der Waals surface area contributed by atoms with E-state index in [1.54, 1.807) is 0 Å². The molecule has 0 spiro atoms. The van der Waals surface area contributed by atoms with Crippen LogP contribution in [0.5, 0.6) is 0 Å². The molecule has 46 valence electrons. The number of hydrogen-bond donors (Lipinski definition) is 3. The maximum atomic E-state index is 8.16. The van der Waals surface area contributed by atoms with E-state index in [1.807, 2.05) is 0 Å². The number of nitrogens with two attached hydrogens (primary N) is 1. The van der Waals surface area contributed by atoms with Gasteiger partial charge in [0.05, 0.1) is 6.61 Å². The van der Waals surface area contributed by atoms with Crippen molar-refractivity contribution in [1.82, 2.24) is 0 Å². The van der Waals surface area contributed by atoms with Crippen LogP contribution < -0.4 is 5.73 Å². The van der Waals surface area contributed by atoms with Crippen LogP contribution in [0.1, 0.15) is 0 Å². The number of aliphatic hydroxyl groups excluding tert-OH is 1. The lowest BCUT2D eigenvalue weighted by Crippen LogP contribution is -2.25. The van der Waals surface area contributed by atoms with E-state index in [-0.39, 0.29) is 25.1 Å². The van der Waals surface area contributed by atoms with Crippen LogP contribution in [0.25, 0.3) is 0 Å². The maximum Gasteiger partial charge on any atom is 0.0590 e. The molecule has 7 heavy (non-hydrogen) atoms. The highest BCUT2D eigenvalue weighted by molar-refractivity contribution is 7.80. The van der Waals surface area contributed by atoms with E-state index < -0.39 is 0 Å². The molecule has 1 unspecified atom stereocenters. The molecule has 0 fully saturated rings. The Bertz CT molecular complexity index is 34.1. The van der Waals surface area contributed by atoms with Gasteiger partial charge in [0.2, 0.25) is 0 Å². The summed E-state index contributed by atoms with van der Waals surface area (Å²) in [6.45, 7) is 0.0312. The van der Waals surface area contributed by atoms with Gasteiger partial charge in [-0.05, 0) is 0 Å². The quantitative estimate of drug-likeness (QED) is 0.463. The molecule has 1 atom stereocenters. The summed E-state index contributed by atoms with van der Waals surface area (Å²) in [5, 5.41) is 8.16. The van der Waals surface area contributed by atoms with Gasteiger partial charge in [-0.25, -0.2) is 0 Å². The lowest BCUT2D eigenvalue weighted by Gasteiger charge is -1.98. The van der Waals surface area contributed by atoms with Crippen molar-refractivity contribution in [2.45, 2.75) is 6.04 Å². The Kier molecular flexibility index (Phi) is 9.86. The minimum atomic E-state index is -0.145. The highest BCUT2D eigenvalue weighted by Gasteiger charge is 1.90. The highest BCUT2D eigenvalue weighted by atomic mass is 35.5. The van der Waals surface area contributed by atoms with Crippen molar-refractivity contribution in [2.24, 2.45) is 5.73 Å². The summed E-state index contributed by atoms with van der Waals surface area (Å²) in [6, 6.07) is -0.145. The molecule has 0 rings (SSSR count). The molecule has 0 radical (unpaired) electrons. The van der Waals surface area contributed by atoms with Crippen LogP contribution in [0, 0.1) is 0 Å². The van der Waals surface area contributed by atoms with Crippen molar-refractivity contribution in [2.75, 3.05) is 12.4 Å². The summed E-state index contributed by atoms with van der Waals surface area (Å²) >= 11 is 3.81. The number of thiol groups is 1. The van der Waals surface area contributed by atoms with E-state index in [4.69, 9.17) is 10.8 Å². The number of rotatable bonds is 2. The lowest BCUT2D eigenvalue weighted by molar-refractivity contribution is 0.275. The van der Waals surface area contributed by atoms with Gasteiger partial charge in [-0.3, -0.25) is 0 Å². The van der Waals surface area contributed by atoms with Gasteiger partial charge in [-0.1, -0.05) is 0 Å². The highest BCUT2D eigenvalue weighted by Crippen LogP contribution is 1.77. The van der Waals surface area contributed by atoms with Gasteiger partial charge in [-0.2, -0.15) is 12.6 Å². The molecule has 0 aromatic rings. The van der Waals surface area contributed by atoms with Gasteiger partial charge in [0.1, 0.15) is 0 Å². The molecule has 3 N–H and O–H groups in total. The minimum Gasteiger partial charge on any atom is -0.395 e. The Balaban J connectivity index is 0. The summed E-state index contributed by atoms with van der Waals surface area (Å²) < 4.78 is 0. The summed E-state index contributed by atoms with van der Waals surface area (Å²) in [7, 11) is 0. The van der Waals surface area contributed by atoms with Crippen LogP contribution in [-0.4, -0.2) is 23.5 Å². The van der Waals surface area contributed by atoms with Crippen LogP contribution in [0.2, 0.25) is 0 Å². The minimum absolute atomic E-state index is 0. The topological polar surface area (TPSA) is 46.2 Å². The lowest BCUT2D eigenvalue weighted by atomic mass is 10.4. The first kappa shape index (κ1) is 10.5. The SMILES string of the molecule is Cl.NC(CO)CS. The predicted octanol–water partition coefficient (Wildman–Crippen LogP) is -0.342. The zero-order valence-corrected chi connectivity index (χ0v) is 5.58. The van der Waals surface area contributed by atoms with E-state index in [0.29, 0.717) is 5.75 Å². The Morgan fingerprint density at radius 1 is 1.71 bits per heavy atom. The molecule has 0 aromatic carbocycles. The molecule has 0 aliphatic heterocycles. The Morgan fingerprint density at radius 3 is 2.14 bits per heavy atom. The average Bonchev–Trinajstić information content (AvgIpc) is 1.65. The van der Waals surface area contributed by atoms with Gasteiger partial charge in [0.15, 0.2) is 0 Å². The van der Waals surface area contributed by atoms with Crippen LogP contribution in [0.3, 0.4) is 0 Å². The molecule has 0 amide bonds. The van der Waals surface area contributed by atoms with Gasteiger partial charge in [-0.15, -0.1) is 12.4 Å². The van der Waals surface area contributed by atoms with E-state index in [0.717, 1.165) is 0 Å². The van der Waals surface area contributed by atoms with Crippen LogP contribution in [0.4, 0.5) is 0 Å². The normalized spacial score (nSPS) is 12.4. The molecule has 0 bridgehead atoms. The van der Waals surface area contributed by atoms with Gasteiger partial charge in [0, 0.05) is 11.8 Å². The van der Waals surface area contributed by atoms with E-state index in [2.05, 4.69) is 12.6 Å². The predicted molar refractivity (Wildman–Crippen MR) is 36.2 cm³/mol. The Hall–Kier alpha value is 0.560. The second-order valence-electron chi connectivity index (χ2n) is 1.13. The van der Waals surface area contributed by atoms with Crippen molar-refractivity contribution in [3.05, 3.63) is 0 Å². The molecule has 0 saturated heterocycles. The van der Waals surface area contributed by atoms with Gasteiger partial charge in [0.25, 0.3) is 0 Å². The van der Waals surface area contributed by atoms with E-state index >= 15 is 0 Å². The van der Waals surface area contributed by atoms with E-state index in [1.165, 1.54) is 0 Å². The molecule has 0 saturated carbocycles. The van der Waals surface area contributed by atoms with Crippen molar-refractivity contribution in [3.8, 4) is 0 Å². The second-order valence-corrected chi connectivity index (χ2v) is 1.49. The zero-order chi connectivity index (χ0) is 4.99. The number of hydrogen-bond acceptors (Lipinski definition) is 3. The first-order valence-electron chi connectivity index (χ1n) is 1.78. The molecule has 0 heterocycles. The zero-order valence-electron chi connectivity index (χ0n) is 3.87. The second kappa shape index (κ2) is 6.56. The molecule has 0 aromatic heterocycles. The summed E-state index contributed by atoms with van der Waals surface area (Å²) in [6.07, 6.45) is 0. The van der Waals surface area contributed by atoms with Crippen molar-refractivity contribution >= 4 is 25.0 Å². The first-order chi connectivity index (χ1) is 2.81. The first-order valence-corrected chi connectivity index (χ1v) is 2.41. The standard InChI is InChI=1S/C3H9NOS.ClH/c4-3(1-5)2-6;/h3,5-6H,1-2,4H2;1H. The average molecular weight is 144 g/mol. The largest absolute Gasteiger partial charge is 0.395 e. The molecule has 0 aliphatic carbocycles. The molecular formula is C3H10ClNOS. The third-order valence-electron chi connectivity index (χ3n) is 0.469. The number of aliphatic hydroxyl groups is 1. The molecular weight excluding hydrogens is 134 g/mol. The van der Waals surface area contributed by atoms with Crippen LogP contribution in [-0.2, 0) is 0 Å². The molecule has 0 aliphatic rings. The smallest absolute Gasteiger partial charge is 0.0590 e. The van der Waals surface area contributed by atoms with Crippen molar-refractivity contribution in [3.63, 3.8) is 0 Å². The Labute approximate surface area is 54.9 Å². The monoisotopic (exact) mass is 143 g/mol. The van der Waals surface area contributed by atoms with Crippen molar-refractivity contribution < 1.29 is 5.11 Å². The van der Waals surface area contributed by atoms with Gasteiger partial charge < -0.3 is 10.8 Å². The van der Waals surface area contributed by atoms with Crippen LogP contribution in [0.15, 0.2) is 0 Å². The summed E-state index contributed by atoms with van der Waals surface area (Å²) in [4.78, 5) is 0. The fourth-order valence-corrected chi connectivity index (χ4v) is 0.173. The van der Waals surface area contributed by atoms with Crippen molar-refractivity contribution in [1.29, 1.82) is 0 Å². The fourth-order valence-electron chi connectivity index (χ4n) is 0.0577. The van der Waals surface area contributed by atoms with E-state index in [9.17, 15) is 0 Å². The Morgan fingerprint density at radius 2 is 2.14 bits per heavy atom. The van der Waals surface area contributed by atoms with Gasteiger partial charge >= 0.3 is 0 Å². The third kappa shape index (κ3) is 6.56. The number of halogens is 1. The molecule has 2 nitrogen and oxygen atoms in total. The summed E-state index contributed by atoms with van der Waals surface area (Å²) in [5.74, 6) is 0.552. The summed E-state index contributed by atoms with van der Waals surface area (Å²) in [5.41, 5.74) is 5.15. The van der Waals surface area contributed by atoms with Crippen LogP contribution >= 0.6 is 25.0 Å². The third-order valence-corrected chi connectivity index (χ3v) is 0.938. The molecule has 4 heteroatoms. The maximum absolute atomic E-state index is 8.16.